The minimum absolute atomic E-state index is 0.270. The lowest BCUT2D eigenvalue weighted by molar-refractivity contribution is 0.305. The molecule has 0 amide bonds. The summed E-state index contributed by atoms with van der Waals surface area (Å²) in [6, 6.07) is 12.4. The minimum atomic E-state index is -0.443. The first-order chi connectivity index (χ1) is 14.0. The van der Waals surface area contributed by atoms with Crippen molar-refractivity contribution in [2.75, 3.05) is 4.90 Å². The second-order valence-corrected chi connectivity index (χ2v) is 8.85. The third kappa shape index (κ3) is 3.25. The van der Waals surface area contributed by atoms with Crippen LogP contribution in [0.15, 0.2) is 58.8 Å². The molecule has 0 radical (unpaired) electrons. The smallest absolute Gasteiger partial charge is 0.220 e. The Morgan fingerprint density at radius 1 is 1.00 bits per heavy atom. The van der Waals surface area contributed by atoms with Crippen molar-refractivity contribution < 1.29 is 0 Å². The maximum absolute atomic E-state index is 6.37. The molecule has 1 fully saturated rings. The molecule has 29 heavy (non-hydrogen) atoms. The van der Waals surface area contributed by atoms with Crippen LogP contribution in [0.1, 0.15) is 32.1 Å². The number of aromatic nitrogens is 2. The molecule has 2 aliphatic rings. The van der Waals surface area contributed by atoms with E-state index in [-0.39, 0.29) is 5.96 Å². The molecule has 0 atom stereocenters. The zero-order chi connectivity index (χ0) is 20.0. The Bertz CT molecular complexity index is 1140. The van der Waals surface area contributed by atoms with Crippen LogP contribution >= 0.6 is 22.6 Å². The summed E-state index contributed by atoms with van der Waals surface area (Å²) in [6.07, 6.45) is 9.37. The van der Waals surface area contributed by atoms with E-state index in [1.807, 2.05) is 16.5 Å². The molecule has 4 N–H and O–H groups in total. The molecule has 148 valence electrons. The molecule has 3 heterocycles. The molecule has 0 saturated heterocycles. The fourth-order valence-electron chi connectivity index (χ4n) is 4.40. The van der Waals surface area contributed by atoms with Gasteiger partial charge in [0.2, 0.25) is 11.9 Å². The maximum Gasteiger partial charge on any atom is 0.220 e. The zero-order valence-corrected chi connectivity index (χ0v) is 18.1. The number of fused-ring (bicyclic) bond motifs is 1. The number of nitrogens with two attached hydrogens (primary N) is 2. The summed E-state index contributed by atoms with van der Waals surface area (Å²) in [7, 11) is 0. The lowest BCUT2D eigenvalue weighted by atomic mass is 9.87. The summed E-state index contributed by atoms with van der Waals surface area (Å²) < 4.78 is 3.22. The van der Waals surface area contributed by atoms with Crippen LogP contribution in [-0.4, -0.2) is 27.0 Å². The fraction of sp³-hybridized carbons (Fsp3) is 0.286. The van der Waals surface area contributed by atoms with Gasteiger partial charge in [0.1, 0.15) is 11.3 Å². The van der Waals surface area contributed by atoms with E-state index in [2.05, 4.69) is 69.1 Å². The molecule has 3 aromatic rings. The van der Waals surface area contributed by atoms with Gasteiger partial charge in [-0.05, 0) is 72.5 Å². The standard InChI is InChI=1S/C21H22IN7/c22-15-7-8-18-25-17(13-28(18)12-15)14-5-4-6-16(11-14)29-20(24)26-19(23)27-21(29)9-2-1-3-10-21/h4-8,11-13H,1-3,9-10H2,(H4,23,24,26,27). The first-order valence-electron chi connectivity index (χ1n) is 9.79. The van der Waals surface area contributed by atoms with Crippen molar-refractivity contribution in [3.8, 4) is 11.3 Å². The summed E-state index contributed by atoms with van der Waals surface area (Å²) in [4.78, 5) is 15.9. The van der Waals surface area contributed by atoms with Crippen molar-refractivity contribution >= 4 is 45.8 Å². The van der Waals surface area contributed by atoms with Gasteiger partial charge >= 0.3 is 0 Å². The van der Waals surface area contributed by atoms with Gasteiger partial charge in [0.05, 0.1) is 5.69 Å². The molecule has 1 spiro atoms. The van der Waals surface area contributed by atoms with Gasteiger partial charge in [0.25, 0.3) is 0 Å². The molecule has 8 heteroatoms. The lowest BCUT2D eigenvalue weighted by Crippen LogP contribution is -2.58. The summed E-state index contributed by atoms with van der Waals surface area (Å²) in [5.74, 6) is 0.674. The third-order valence-corrected chi connectivity index (χ3v) is 6.30. The van der Waals surface area contributed by atoms with Crippen LogP contribution in [0, 0.1) is 3.57 Å². The van der Waals surface area contributed by atoms with E-state index in [0.29, 0.717) is 5.96 Å². The number of benzene rings is 1. The molecule has 0 unspecified atom stereocenters. The van der Waals surface area contributed by atoms with Crippen molar-refractivity contribution in [3.05, 3.63) is 52.4 Å². The van der Waals surface area contributed by atoms with Crippen LogP contribution < -0.4 is 16.4 Å². The zero-order valence-electron chi connectivity index (χ0n) is 15.9. The first-order valence-corrected chi connectivity index (χ1v) is 10.9. The van der Waals surface area contributed by atoms with Gasteiger partial charge < -0.3 is 15.9 Å². The molecule has 2 aromatic heterocycles. The van der Waals surface area contributed by atoms with Crippen LogP contribution in [0.2, 0.25) is 0 Å². The molecule has 1 aliphatic heterocycles. The number of hydrogen-bond donors (Lipinski definition) is 2. The second-order valence-electron chi connectivity index (χ2n) is 7.61. The summed E-state index contributed by atoms with van der Waals surface area (Å²) in [6.45, 7) is 0. The Morgan fingerprint density at radius 2 is 1.83 bits per heavy atom. The number of nitrogens with zero attached hydrogens (tertiary/aromatic N) is 5. The molecular formula is C21H22IN7. The third-order valence-electron chi connectivity index (χ3n) is 5.67. The Morgan fingerprint density at radius 3 is 2.66 bits per heavy atom. The van der Waals surface area contributed by atoms with Gasteiger partial charge in [-0.3, -0.25) is 4.90 Å². The number of imidazole rings is 1. The van der Waals surface area contributed by atoms with Crippen LogP contribution in [0.5, 0.6) is 0 Å². The molecule has 0 bridgehead atoms. The normalized spacial score (nSPS) is 18.7. The number of aliphatic imine (C=N–C) groups is 2. The van der Waals surface area contributed by atoms with Gasteiger partial charge in [0, 0.05) is 27.2 Å². The van der Waals surface area contributed by atoms with Crippen molar-refractivity contribution in [2.45, 2.75) is 37.8 Å². The lowest BCUT2D eigenvalue weighted by Gasteiger charge is -2.45. The number of rotatable bonds is 2. The Labute approximate surface area is 182 Å². The molecule has 5 rings (SSSR count). The number of halogens is 1. The van der Waals surface area contributed by atoms with E-state index < -0.39 is 5.66 Å². The summed E-state index contributed by atoms with van der Waals surface area (Å²) >= 11 is 2.31. The topological polar surface area (TPSA) is 97.3 Å². The maximum atomic E-state index is 6.37. The SMILES string of the molecule is NC1=NC2(CCCCC2)N(c2cccc(-c3cn4cc(I)ccc4n3)c2)C(N)=N1. The van der Waals surface area contributed by atoms with Crippen molar-refractivity contribution in [2.24, 2.45) is 21.5 Å². The molecular weight excluding hydrogens is 477 g/mol. The average molecular weight is 499 g/mol. The van der Waals surface area contributed by atoms with Crippen LogP contribution in [0.3, 0.4) is 0 Å². The van der Waals surface area contributed by atoms with Crippen LogP contribution in [0.25, 0.3) is 16.9 Å². The first kappa shape index (κ1) is 18.4. The van der Waals surface area contributed by atoms with Gasteiger partial charge in [-0.15, -0.1) is 0 Å². The van der Waals surface area contributed by atoms with E-state index in [9.17, 15) is 0 Å². The summed E-state index contributed by atoms with van der Waals surface area (Å²) in [5.41, 5.74) is 15.8. The minimum Gasteiger partial charge on any atom is -0.369 e. The number of hydrogen-bond acceptors (Lipinski definition) is 6. The van der Waals surface area contributed by atoms with Crippen molar-refractivity contribution in [1.82, 2.24) is 9.38 Å². The van der Waals surface area contributed by atoms with Crippen LogP contribution in [0.4, 0.5) is 5.69 Å². The highest BCUT2D eigenvalue weighted by atomic mass is 127. The van der Waals surface area contributed by atoms with E-state index in [4.69, 9.17) is 21.4 Å². The van der Waals surface area contributed by atoms with E-state index in [0.717, 1.165) is 48.3 Å². The van der Waals surface area contributed by atoms with E-state index in [1.165, 1.54) is 9.99 Å². The predicted octanol–water partition coefficient (Wildman–Crippen LogP) is 3.72. The van der Waals surface area contributed by atoms with E-state index >= 15 is 0 Å². The monoisotopic (exact) mass is 499 g/mol. The largest absolute Gasteiger partial charge is 0.369 e. The van der Waals surface area contributed by atoms with E-state index in [1.54, 1.807) is 0 Å². The highest BCUT2D eigenvalue weighted by Gasteiger charge is 2.42. The fourth-order valence-corrected chi connectivity index (χ4v) is 4.88. The summed E-state index contributed by atoms with van der Waals surface area (Å²) in [5, 5.41) is 0. The highest BCUT2D eigenvalue weighted by Crippen LogP contribution is 2.40. The predicted molar refractivity (Wildman–Crippen MR) is 125 cm³/mol. The van der Waals surface area contributed by atoms with Gasteiger partial charge in [-0.25, -0.2) is 9.98 Å². The molecule has 1 saturated carbocycles. The second kappa shape index (κ2) is 7.01. The molecule has 1 aromatic carbocycles. The highest BCUT2D eigenvalue weighted by molar-refractivity contribution is 14.1. The number of guanidine groups is 2. The Kier molecular flexibility index (Phi) is 4.45. The Hall–Kier alpha value is -2.62. The van der Waals surface area contributed by atoms with Gasteiger partial charge in [-0.2, -0.15) is 4.99 Å². The van der Waals surface area contributed by atoms with Crippen molar-refractivity contribution in [3.63, 3.8) is 0 Å². The molecule has 1 aliphatic carbocycles. The van der Waals surface area contributed by atoms with Gasteiger partial charge in [-0.1, -0.05) is 18.6 Å². The Balaban J connectivity index is 1.58. The average Bonchev–Trinajstić information content (AvgIpc) is 3.11. The number of pyridine rings is 1. The quantitative estimate of drug-likeness (QED) is 0.526. The van der Waals surface area contributed by atoms with Gasteiger partial charge in [0.15, 0.2) is 0 Å². The number of anilines is 1. The van der Waals surface area contributed by atoms with Crippen LogP contribution in [-0.2, 0) is 0 Å². The van der Waals surface area contributed by atoms with Crippen molar-refractivity contribution in [1.29, 1.82) is 0 Å². The molecule has 7 nitrogen and oxygen atoms in total.